The first-order valence-corrected chi connectivity index (χ1v) is 18.3. The molecule has 3 aromatic heterocycles. The zero-order chi connectivity index (χ0) is 35.9. The van der Waals surface area contributed by atoms with Crippen molar-refractivity contribution < 1.29 is 0 Å². The Hall–Kier alpha value is -5.73. The van der Waals surface area contributed by atoms with Crippen LogP contribution in [0.25, 0.3) is 67.8 Å². The van der Waals surface area contributed by atoms with E-state index in [1.807, 2.05) is 13.8 Å². The highest BCUT2D eigenvalue weighted by molar-refractivity contribution is 6.18. The quantitative estimate of drug-likeness (QED) is 0.159. The molecule has 0 saturated heterocycles. The van der Waals surface area contributed by atoms with Gasteiger partial charge in [-0.05, 0) is 49.1 Å². The molecule has 0 spiro atoms. The summed E-state index contributed by atoms with van der Waals surface area (Å²) in [6.07, 6.45) is 12.6. The average molecular weight is 670 g/mol. The van der Waals surface area contributed by atoms with Crippen molar-refractivity contribution in [1.82, 2.24) is 19.1 Å². The Bertz CT molecular complexity index is 2480. The van der Waals surface area contributed by atoms with Crippen LogP contribution in [0.15, 0.2) is 115 Å². The molecule has 0 saturated carbocycles. The summed E-state index contributed by atoms with van der Waals surface area (Å²) in [6.45, 7) is 12.2. The molecule has 3 heterocycles. The van der Waals surface area contributed by atoms with Gasteiger partial charge in [-0.1, -0.05) is 138 Å². The van der Waals surface area contributed by atoms with E-state index in [0.717, 1.165) is 53.4 Å². The molecular weight excluding hydrogens is 623 g/mol. The predicted molar refractivity (Wildman–Crippen MR) is 216 cm³/mol. The highest BCUT2D eigenvalue weighted by atomic mass is 15.2. The van der Waals surface area contributed by atoms with Crippen LogP contribution >= 0.6 is 0 Å². The van der Waals surface area contributed by atoms with Crippen molar-refractivity contribution in [3.05, 3.63) is 132 Å². The van der Waals surface area contributed by atoms with Crippen LogP contribution in [0, 0.1) is 17.2 Å². The molecule has 5 heteroatoms. The van der Waals surface area contributed by atoms with Crippen LogP contribution < -0.4 is 10.6 Å². The van der Waals surface area contributed by atoms with Gasteiger partial charge in [-0.2, -0.15) is 5.26 Å². The molecule has 51 heavy (non-hydrogen) atoms. The van der Waals surface area contributed by atoms with Gasteiger partial charge in [0.15, 0.2) is 0 Å². The van der Waals surface area contributed by atoms with E-state index in [-0.39, 0.29) is 5.92 Å². The van der Waals surface area contributed by atoms with E-state index in [2.05, 4.69) is 157 Å². The summed E-state index contributed by atoms with van der Waals surface area (Å²) in [5, 5.41) is 13.5. The van der Waals surface area contributed by atoms with Gasteiger partial charge in [0.1, 0.15) is 0 Å². The number of rotatable bonds is 7. The van der Waals surface area contributed by atoms with Crippen LogP contribution in [-0.4, -0.2) is 19.1 Å². The number of hydrogen-bond acceptors (Lipinski definition) is 3. The van der Waals surface area contributed by atoms with Crippen molar-refractivity contribution in [2.45, 2.75) is 66.7 Å². The molecule has 2 atom stereocenters. The van der Waals surface area contributed by atoms with E-state index in [0.29, 0.717) is 5.92 Å². The SMILES string of the molecule is CC.CC#N.CCC/C=C\C(C)c1cc(-c2ccccc2)nc(-n2c3c(c4c2ccc2c5ccccc5n(-c5ccccc5)c24)=CC(C)CC=3)n1. The molecule has 1 aliphatic carbocycles. The summed E-state index contributed by atoms with van der Waals surface area (Å²) in [5.41, 5.74) is 7.80. The highest BCUT2D eigenvalue weighted by Gasteiger charge is 2.23. The second-order valence-corrected chi connectivity index (χ2v) is 12.8. The Balaban J connectivity index is 0.000000853. The van der Waals surface area contributed by atoms with Crippen LogP contribution in [0.3, 0.4) is 0 Å². The third-order valence-corrected chi connectivity index (χ3v) is 9.34. The van der Waals surface area contributed by atoms with Crippen molar-refractivity contribution in [2.24, 2.45) is 5.92 Å². The van der Waals surface area contributed by atoms with E-state index >= 15 is 0 Å². The average Bonchev–Trinajstić information content (AvgIpc) is 3.69. The van der Waals surface area contributed by atoms with Gasteiger partial charge in [0, 0.05) is 45.5 Å². The molecule has 7 aromatic rings. The number of benzene rings is 4. The zero-order valence-corrected chi connectivity index (χ0v) is 30.6. The maximum absolute atomic E-state index is 7.32. The summed E-state index contributed by atoms with van der Waals surface area (Å²) >= 11 is 0. The third-order valence-electron chi connectivity index (χ3n) is 9.34. The molecule has 0 radical (unpaired) electrons. The number of hydrogen-bond donors (Lipinski definition) is 0. The van der Waals surface area contributed by atoms with E-state index in [1.54, 1.807) is 6.07 Å². The Morgan fingerprint density at radius 2 is 1.55 bits per heavy atom. The number of unbranched alkanes of at least 4 members (excludes halogenated alkanes) is 1. The Kier molecular flexibility index (Phi) is 10.9. The van der Waals surface area contributed by atoms with Gasteiger partial charge in [0.05, 0.1) is 39.4 Å². The molecule has 0 amide bonds. The molecule has 5 nitrogen and oxygen atoms in total. The molecule has 0 fully saturated rings. The van der Waals surface area contributed by atoms with Crippen molar-refractivity contribution in [1.29, 1.82) is 5.26 Å². The first kappa shape index (κ1) is 35.1. The van der Waals surface area contributed by atoms with Gasteiger partial charge in [0.25, 0.3) is 0 Å². The lowest BCUT2D eigenvalue weighted by Gasteiger charge is -2.14. The predicted octanol–water partition coefficient (Wildman–Crippen LogP) is 10.8. The van der Waals surface area contributed by atoms with Crippen molar-refractivity contribution in [3.63, 3.8) is 0 Å². The van der Waals surface area contributed by atoms with Gasteiger partial charge in [-0.15, -0.1) is 0 Å². The molecule has 0 N–H and O–H groups in total. The van der Waals surface area contributed by atoms with E-state index in [1.165, 1.54) is 44.7 Å². The fourth-order valence-corrected chi connectivity index (χ4v) is 7.07. The van der Waals surface area contributed by atoms with Gasteiger partial charge in [-0.3, -0.25) is 4.57 Å². The fourth-order valence-electron chi connectivity index (χ4n) is 7.07. The van der Waals surface area contributed by atoms with Crippen molar-refractivity contribution in [3.8, 4) is 29.0 Å². The molecule has 2 unspecified atom stereocenters. The molecule has 4 aromatic carbocycles. The van der Waals surface area contributed by atoms with E-state index < -0.39 is 0 Å². The van der Waals surface area contributed by atoms with Crippen molar-refractivity contribution >= 4 is 44.9 Å². The number of fused-ring (bicyclic) bond motifs is 7. The van der Waals surface area contributed by atoms with E-state index in [4.69, 9.17) is 15.2 Å². The first-order chi connectivity index (χ1) is 25.0. The largest absolute Gasteiger partial charge is 0.309 e. The minimum absolute atomic E-state index is 0.163. The Labute approximate surface area is 301 Å². The summed E-state index contributed by atoms with van der Waals surface area (Å²) < 4.78 is 4.76. The molecule has 1 aliphatic rings. The summed E-state index contributed by atoms with van der Waals surface area (Å²) in [4.78, 5) is 10.6. The zero-order valence-electron chi connectivity index (χ0n) is 30.6. The van der Waals surface area contributed by atoms with Crippen LogP contribution in [0.5, 0.6) is 0 Å². The molecule has 0 bridgehead atoms. The molecular formula is C46H47N5. The lowest BCUT2D eigenvalue weighted by Crippen LogP contribution is -2.32. The van der Waals surface area contributed by atoms with Crippen LogP contribution in [0.4, 0.5) is 0 Å². The lowest BCUT2D eigenvalue weighted by molar-refractivity contribution is 0.788. The topological polar surface area (TPSA) is 59.4 Å². The molecule has 8 rings (SSSR count). The monoisotopic (exact) mass is 669 g/mol. The lowest BCUT2D eigenvalue weighted by atomic mass is 10.0. The summed E-state index contributed by atoms with van der Waals surface area (Å²) in [7, 11) is 0. The summed E-state index contributed by atoms with van der Waals surface area (Å²) in [5.74, 6) is 1.32. The third kappa shape index (κ3) is 6.75. The van der Waals surface area contributed by atoms with Gasteiger partial charge in [0.2, 0.25) is 5.95 Å². The maximum atomic E-state index is 7.32. The minimum Gasteiger partial charge on any atom is -0.309 e. The second kappa shape index (κ2) is 15.9. The number of allylic oxidation sites excluding steroid dienone is 2. The first-order valence-electron chi connectivity index (χ1n) is 18.3. The van der Waals surface area contributed by atoms with Gasteiger partial charge >= 0.3 is 0 Å². The number of nitrogens with zero attached hydrogens (tertiary/aromatic N) is 5. The fraction of sp³-hybridized carbons (Fsp3) is 0.239. The van der Waals surface area contributed by atoms with Crippen LogP contribution in [0.2, 0.25) is 0 Å². The molecule has 0 aliphatic heterocycles. The standard InChI is InChI=1S/C42H38N4.C2H3N.C2H6/c1-4-5-8-15-29(3)35-27-36(30-16-9-6-10-17-30)44-42(43-35)46-38-24-22-28(2)26-34(38)40-39(46)25-23-33-32-20-13-14-21-37(32)45(41(33)40)31-18-11-7-12-19-31;1-2-3;1-2/h6-21,23-29H,4-5,22H2,1-3H3;1H3;1-2H3/b15-8-;;. The smallest absolute Gasteiger partial charge is 0.235 e. The summed E-state index contributed by atoms with van der Waals surface area (Å²) in [6, 6.07) is 38.5. The van der Waals surface area contributed by atoms with Gasteiger partial charge in [-0.25, -0.2) is 9.97 Å². The normalized spacial score (nSPS) is 14.1. The maximum Gasteiger partial charge on any atom is 0.235 e. The van der Waals surface area contributed by atoms with Gasteiger partial charge < -0.3 is 4.57 Å². The minimum atomic E-state index is 0.163. The van der Waals surface area contributed by atoms with Crippen LogP contribution in [0.1, 0.15) is 72.4 Å². The Morgan fingerprint density at radius 1 is 0.863 bits per heavy atom. The Morgan fingerprint density at radius 3 is 2.27 bits per heavy atom. The van der Waals surface area contributed by atoms with Crippen molar-refractivity contribution in [2.75, 3.05) is 0 Å². The molecule has 256 valence electrons. The number of nitriles is 1. The van der Waals surface area contributed by atoms with Crippen LogP contribution in [-0.2, 0) is 0 Å². The highest BCUT2D eigenvalue weighted by Crippen LogP contribution is 2.36. The number of aromatic nitrogens is 4. The number of para-hydroxylation sites is 2. The van der Waals surface area contributed by atoms with E-state index in [9.17, 15) is 0 Å². The second-order valence-electron chi connectivity index (χ2n) is 12.8.